The molecule has 3 rings (SSSR count). The number of hydrogen-bond acceptors (Lipinski definition) is 7. The summed E-state index contributed by atoms with van der Waals surface area (Å²) in [7, 11) is 4.59. The molecular weight excluding hydrogens is 326 g/mol. The third-order valence-corrected chi connectivity index (χ3v) is 3.97. The molecule has 0 amide bonds. The molecule has 7 nitrogen and oxygen atoms in total. The second-order valence-corrected chi connectivity index (χ2v) is 5.33. The molecule has 0 bridgehead atoms. The van der Waals surface area contributed by atoms with Gasteiger partial charge in [-0.2, -0.15) is 0 Å². The Bertz CT molecular complexity index is 802. The molecule has 0 spiro atoms. The monoisotopic (exact) mass is 344 g/mol. The van der Waals surface area contributed by atoms with E-state index in [0.717, 1.165) is 0 Å². The number of fused-ring (bicyclic) bond motifs is 1. The molecule has 1 atom stereocenters. The molecule has 7 heteroatoms. The molecule has 0 aliphatic carbocycles. The van der Waals surface area contributed by atoms with E-state index in [1.807, 2.05) is 0 Å². The highest BCUT2D eigenvalue weighted by molar-refractivity contribution is 5.67. The summed E-state index contributed by atoms with van der Waals surface area (Å²) in [5, 5.41) is 21.0. The van der Waals surface area contributed by atoms with E-state index in [1.54, 1.807) is 42.5 Å². The van der Waals surface area contributed by atoms with Gasteiger partial charge in [-0.25, -0.2) is 0 Å². The van der Waals surface area contributed by atoms with Crippen molar-refractivity contribution in [1.29, 1.82) is 0 Å². The Morgan fingerprint density at radius 2 is 1.72 bits per heavy atom. The maximum Gasteiger partial charge on any atom is 0.169 e. The van der Waals surface area contributed by atoms with Gasteiger partial charge >= 0.3 is 0 Å². The zero-order chi connectivity index (χ0) is 18.0. The standard InChI is InChI=1S/C18H18NO6/c1-22-14-8-7-12(10-16(14)24-3)17-13(19(20)21)9-11-5-4-6-15(23-2)18(11)25-17/h4-10,17,20H,1-3H3/q-1. The molecule has 0 saturated carbocycles. The van der Waals surface area contributed by atoms with Crippen LogP contribution in [0.15, 0.2) is 42.1 Å². The Balaban J connectivity index is 2.09. The minimum absolute atomic E-state index is 0.0490. The van der Waals surface area contributed by atoms with E-state index in [1.165, 1.54) is 21.3 Å². The highest BCUT2D eigenvalue weighted by atomic mass is 16.8. The van der Waals surface area contributed by atoms with Crippen LogP contribution >= 0.6 is 0 Å². The Hall–Kier alpha value is -2.90. The molecule has 1 N–H and O–H groups in total. The van der Waals surface area contributed by atoms with Gasteiger partial charge in [0.2, 0.25) is 0 Å². The first-order valence-corrected chi connectivity index (χ1v) is 7.52. The Morgan fingerprint density at radius 3 is 2.36 bits per heavy atom. The molecule has 2 aromatic carbocycles. The topological polar surface area (TPSA) is 83.5 Å². The van der Waals surface area contributed by atoms with Gasteiger partial charge in [0.15, 0.2) is 29.1 Å². The first-order chi connectivity index (χ1) is 12.1. The van der Waals surface area contributed by atoms with E-state index in [2.05, 4.69) is 0 Å². The van der Waals surface area contributed by atoms with Gasteiger partial charge in [-0.3, -0.25) is 5.21 Å². The van der Waals surface area contributed by atoms with Crippen molar-refractivity contribution >= 4 is 6.08 Å². The van der Waals surface area contributed by atoms with Crippen molar-refractivity contribution in [3.05, 3.63) is 58.4 Å². The van der Waals surface area contributed by atoms with Crippen LogP contribution < -0.4 is 18.9 Å². The van der Waals surface area contributed by atoms with E-state index >= 15 is 0 Å². The number of hydroxylamine groups is 2. The smallest absolute Gasteiger partial charge is 0.169 e. The summed E-state index contributed by atoms with van der Waals surface area (Å²) in [5.74, 6) is 2.07. The largest absolute Gasteiger partial charge is 0.734 e. The number of benzene rings is 2. The molecule has 0 aromatic heterocycles. The first kappa shape index (κ1) is 16.9. The number of rotatable bonds is 5. The van der Waals surface area contributed by atoms with Crippen molar-refractivity contribution in [3.63, 3.8) is 0 Å². The second kappa shape index (κ2) is 6.92. The van der Waals surface area contributed by atoms with Gasteiger partial charge in [-0.1, -0.05) is 18.2 Å². The first-order valence-electron chi connectivity index (χ1n) is 7.52. The molecule has 0 saturated heterocycles. The van der Waals surface area contributed by atoms with Crippen LogP contribution in [0.25, 0.3) is 6.08 Å². The van der Waals surface area contributed by atoms with Gasteiger partial charge in [0.25, 0.3) is 0 Å². The van der Waals surface area contributed by atoms with Gasteiger partial charge in [0.1, 0.15) is 0 Å². The van der Waals surface area contributed by atoms with E-state index in [-0.39, 0.29) is 10.9 Å². The van der Waals surface area contributed by atoms with Crippen molar-refractivity contribution < 1.29 is 24.2 Å². The Morgan fingerprint density at radius 1 is 1.00 bits per heavy atom. The highest BCUT2D eigenvalue weighted by Crippen LogP contribution is 2.44. The molecule has 1 aliphatic heterocycles. The van der Waals surface area contributed by atoms with Gasteiger partial charge in [-0.05, 0) is 24.3 Å². The van der Waals surface area contributed by atoms with Crippen LogP contribution in [0, 0.1) is 5.21 Å². The van der Waals surface area contributed by atoms with Crippen molar-refractivity contribution in [3.8, 4) is 23.0 Å². The Kier molecular flexibility index (Phi) is 4.69. The normalized spacial score (nSPS) is 15.6. The fourth-order valence-corrected chi connectivity index (χ4v) is 2.76. The molecule has 0 fully saturated rings. The molecule has 25 heavy (non-hydrogen) atoms. The van der Waals surface area contributed by atoms with Crippen LogP contribution in [0.3, 0.4) is 0 Å². The maximum atomic E-state index is 11.7. The molecular formula is C18H18NO6-. The molecule has 1 heterocycles. The number of methoxy groups -OCH3 is 3. The van der Waals surface area contributed by atoms with E-state index in [4.69, 9.17) is 18.9 Å². The molecule has 1 unspecified atom stereocenters. The summed E-state index contributed by atoms with van der Waals surface area (Å²) in [5.41, 5.74) is 1.31. The third kappa shape index (κ3) is 3.07. The predicted octanol–water partition coefficient (Wildman–Crippen LogP) is 3.38. The Labute approximate surface area is 145 Å². The predicted molar refractivity (Wildman–Crippen MR) is 90.9 cm³/mol. The maximum absolute atomic E-state index is 11.7. The molecule has 1 aliphatic rings. The quantitative estimate of drug-likeness (QED) is 0.833. The summed E-state index contributed by atoms with van der Waals surface area (Å²) >= 11 is 0. The number of para-hydroxylation sites is 1. The third-order valence-electron chi connectivity index (χ3n) is 3.97. The minimum atomic E-state index is -0.828. The lowest BCUT2D eigenvalue weighted by atomic mass is 10.00. The summed E-state index contributed by atoms with van der Waals surface area (Å²) in [6.45, 7) is 0. The average Bonchev–Trinajstić information content (AvgIpc) is 2.65. The number of nitrogens with zero attached hydrogens (tertiary/aromatic N) is 1. The van der Waals surface area contributed by atoms with Crippen molar-refractivity contribution in [2.75, 3.05) is 21.3 Å². The summed E-state index contributed by atoms with van der Waals surface area (Å²) in [6.07, 6.45) is 0.738. The minimum Gasteiger partial charge on any atom is -0.734 e. The zero-order valence-electron chi connectivity index (χ0n) is 14.1. The van der Waals surface area contributed by atoms with Crippen LogP contribution in [0.5, 0.6) is 23.0 Å². The fraction of sp³-hybridized carbons (Fsp3) is 0.222. The van der Waals surface area contributed by atoms with Crippen molar-refractivity contribution in [2.24, 2.45) is 0 Å². The van der Waals surface area contributed by atoms with Crippen LogP contribution in [0.2, 0.25) is 0 Å². The molecule has 132 valence electrons. The van der Waals surface area contributed by atoms with Crippen LogP contribution in [0.1, 0.15) is 17.2 Å². The van der Waals surface area contributed by atoms with Gasteiger partial charge in [0, 0.05) is 11.1 Å². The van der Waals surface area contributed by atoms with Crippen LogP contribution in [-0.4, -0.2) is 31.8 Å². The van der Waals surface area contributed by atoms with Crippen molar-refractivity contribution in [2.45, 2.75) is 6.10 Å². The zero-order valence-corrected chi connectivity index (χ0v) is 14.1. The summed E-state index contributed by atoms with van der Waals surface area (Å²) < 4.78 is 21.8. The van der Waals surface area contributed by atoms with Gasteiger partial charge in [0.05, 0.1) is 27.0 Å². The summed E-state index contributed by atoms with van der Waals surface area (Å²) in [6, 6.07) is 10.5. The lowest BCUT2D eigenvalue weighted by Crippen LogP contribution is -2.24. The van der Waals surface area contributed by atoms with Crippen LogP contribution in [0.4, 0.5) is 0 Å². The number of ether oxygens (including phenoxy) is 4. The average molecular weight is 344 g/mol. The van der Waals surface area contributed by atoms with Gasteiger partial charge in [-0.15, -0.1) is 0 Å². The van der Waals surface area contributed by atoms with Crippen LogP contribution in [-0.2, 0) is 0 Å². The fourth-order valence-electron chi connectivity index (χ4n) is 2.76. The van der Waals surface area contributed by atoms with E-state index in [9.17, 15) is 10.4 Å². The lowest BCUT2D eigenvalue weighted by molar-refractivity contribution is -0.0247. The number of hydrogen-bond donors (Lipinski definition) is 1. The van der Waals surface area contributed by atoms with Crippen molar-refractivity contribution in [1.82, 2.24) is 5.23 Å². The SMILES string of the molecule is COc1ccc(C2Oc3c(cccc3OC)C=C2N([O-])O)cc1OC. The summed E-state index contributed by atoms with van der Waals surface area (Å²) in [4.78, 5) is 0. The lowest BCUT2D eigenvalue weighted by Gasteiger charge is -2.35. The highest BCUT2D eigenvalue weighted by Gasteiger charge is 2.28. The van der Waals surface area contributed by atoms with E-state index in [0.29, 0.717) is 34.1 Å². The second-order valence-electron chi connectivity index (χ2n) is 5.33. The molecule has 2 aromatic rings. The molecule has 0 radical (unpaired) electrons. The van der Waals surface area contributed by atoms with Gasteiger partial charge < -0.3 is 29.4 Å². The van der Waals surface area contributed by atoms with E-state index < -0.39 is 6.10 Å².